The van der Waals surface area contributed by atoms with E-state index in [1.165, 1.54) is 18.2 Å². The highest BCUT2D eigenvalue weighted by atomic mass is 79.9. The molecule has 0 aliphatic carbocycles. The Balaban J connectivity index is 1.57. The first-order valence-corrected chi connectivity index (χ1v) is 9.50. The molecule has 1 aliphatic rings. The number of hydrogen-bond acceptors (Lipinski definition) is 3. The molecule has 0 N–H and O–H groups in total. The van der Waals surface area contributed by atoms with Gasteiger partial charge in [0.2, 0.25) is 0 Å². The summed E-state index contributed by atoms with van der Waals surface area (Å²) in [6, 6.07) is 11.1. The third kappa shape index (κ3) is 5.26. The molecule has 0 bridgehead atoms. The van der Waals surface area contributed by atoms with Gasteiger partial charge in [-0.15, -0.1) is 0 Å². The highest BCUT2D eigenvalue weighted by Gasteiger charge is 2.18. The lowest BCUT2D eigenvalue weighted by Gasteiger charge is -2.15. The van der Waals surface area contributed by atoms with Crippen molar-refractivity contribution in [2.24, 2.45) is 0 Å². The molecule has 6 heteroatoms. The maximum absolute atomic E-state index is 13.7. The summed E-state index contributed by atoms with van der Waals surface area (Å²) in [4.78, 5) is 26.0. The summed E-state index contributed by atoms with van der Waals surface area (Å²) in [6.45, 7) is 1.58. The monoisotopic (exact) mass is 431 g/mol. The van der Waals surface area contributed by atoms with Crippen molar-refractivity contribution >= 4 is 33.7 Å². The standard InChI is InChI=1S/C21H19BrFNO3/c22-17-6-9-19(23)16(13-17)5-10-20(25)15-3-7-18(8-4-15)27-14-21(26)24-11-1-2-12-24/h3-10,13H,1-2,11-12,14H2/b10-5+. The maximum atomic E-state index is 13.7. The molecule has 0 radical (unpaired) electrons. The number of benzene rings is 2. The van der Waals surface area contributed by atoms with Crippen molar-refractivity contribution < 1.29 is 18.7 Å². The van der Waals surface area contributed by atoms with Gasteiger partial charge in [-0.05, 0) is 67.5 Å². The van der Waals surface area contributed by atoms with Crippen LogP contribution in [0, 0.1) is 5.82 Å². The fourth-order valence-electron chi connectivity index (χ4n) is 2.82. The Bertz CT molecular complexity index is 858. The van der Waals surface area contributed by atoms with Gasteiger partial charge in [0.1, 0.15) is 11.6 Å². The average molecular weight is 432 g/mol. The summed E-state index contributed by atoms with van der Waals surface area (Å²) >= 11 is 3.28. The van der Waals surface area contributed by atoms with Crippen molar-refractivity contribution in [3.8, 4) is 5.75 Å². The fourth-order valence-corrected chi connectivity index (χ4v) is 3.20. The van der Waals surface area contributed by atoms with E-state index in [-0.39, 0.29) is 18.3 Å². The topological polar surface area (TPSA) is 46.6 Å². The van der Waals surface area contributed by atoms with Crippen LogP contribution >= 0.6 is 15.9 Å². The molecule has 3 rings (SSSR count). The number of carbonyl (C=O) groups is 2. The predicted molar refractivity (Wildman–Crippen MR) is 105 cm³/mol. The molecule has 1 fully saturated rings. The predicted octanol–water partition coefficient (Wildman–Crippen LogP) is 4.49. The molecule has 0 aromatic heterocycles. The summed E-state index contributed by atoms with van der Waals surface area (Å²) in [5.41, 5.74) is 0.790. The van der Waals surface area contributed by atoms with Gasteiger partial charge in [0, 0.05) is 28.7 Å². The van der Waals surface area contributed by atoms with Gasteiger partial charge in [0.25, 0.3) is 5.91 Å². The second-order valence-corrected chi connectivity index (χ2v) is 7.18. The van der Waals surface area contributed by atoms with E-state index in [1.807, 2.05) is 0 Å². The fraction of sp³-hybridized carbons (Fsp3) is 0.238. The van der Waals surface area contributed by atoms with Crippen LogP contribution in [-0.2, 0) is 4.79 Å². The first-order chi connectivity index (χ1) is 13.0. The van der Waals surface area contributed by atoms with Crippen LogP contribution in [0.1, 0.15) is 28.8 Å². The Morgan fingerprint density at radius 3 is 2.52 bits per heavy atom. The Kier molecular flexibility index (Phi) is 6.40. The van der Waals surface area contributed by atoms with Crippen molar-refractivity contribution in [1.82, 2.24) is 4.90 Å². The van der Waals surface area contributed by atoms with E-state index in [9.17, 15) is 14.0 Å². The maximum Gasteiger partial charge on any atom is 0.260 e. The zero-order chi connectivity index (χ0) is 19.2. The Morgan fingerprint density at radius 1 is 1.11 bits per heavy atom. The van der Waals surface area contributed by atoms with Gasteiger partial charge in [-0.1, -0.05) is 15.9 Å². The molecule has 140 valence electrons. The van der Waals surface area contributed by atoms with Crippen LogP contribution in [0.4, 0.5) is 4.39 Å². The molecule has 1 saturated heterocycles. The molecule has 1 amide bonds. The van der Waals surface area contributed by atoms with Gasteiger partial charge in [0.15, 0.2) is 12.4 Å². The zero-order valence-corrected chi connectivity index (χ0v) is 16.2. The number of likely N-dealkylation sites (tertiary alicyclic amines) is 1. The molecule has 0 spiro atoms. The van der Waals surface area contributed by atoms with E-state index < -0.39 is 5.82 Å². The molecule has 0 atom stereocenters. The number of nitrogens with zero attached hydrogens (tertiary/aromatic N) is 1. The highest BCUT2D eigenvalue weighted by molar-refractivity contribution is 9.10. The van der Waals surface area contributed by atoms with E-state index in [1.54, 1.807) is 41.3 Å². The number of ketones is 1. The molecule has 1 heterocycles. The lowest BCUT2D eigenvalue weighted by molar-refractivity contribution is -0.132. The van der Waals surface area contributed by atoms with E-state index in [2.05, 4.69) is 15.9 Å². The van der Waals surface area contributed by atoms with Gasteiger partial charge >= 0.3 is 0 Å². The molecule has 2 aromatic carbocycles. The van der Waals surface area contributed by atoms with Crippen LogP contribution in [0.5, 0.6) is 5.75 Å². The quantitative estimate of drug-likeness (QED) is 0.500. The number of allylic oxidation sites excluding steroid dienone is 1. The van der Waals surface area contributed by atoms with Crippen molar-refractivity contribution in [3.05, 3.63) is 70.0 Å². The lowest BCUT2D eigenvalue weighted by Crippen LogP contribution is -2.32. The average Bonchev–Trinajstić information content (AvgIpc) is 3.22. The minimum atomic E-state index is -0.395. The summed E-state index contributed by atoms with van der Waals surface area (Å²) in [7, 11) is 0. The summed E-state index contributed by atoms with van der Waals surface area (Å²) in [6.07, 6.45) is 4.86. The minimum Gasteiger partial charge on any atom is -0.484 e. The molecule has 2 aromatic rings. The van der Waals surface area contributed by atoms with E-state index >= 15 is 0 Å². The largest absolute Gasteiger partial charge is 0.484 e. The van der Waals surface area contributed by atoms with Gasteiger partial charge in [-0.3, -0.25) is 9.59 Å². The zero-order valence-electron chi connectivity index (χ0n) is 14.7. The van der Waals surface area contributed by atoms with Gasteiger partial charge in [0.05, 0.1) is 0 Å². The molecular formula is C21H19BrFNO3. The SMILES string of the molecule is O=C(/C=C/c1cc(Br)ccc1F)c1ccc(OCC(=O)N2CCCC2)cc1. The van der Waals surface area contributed by atoms with Gasteiger partial charge in [-0.25, -0.2) is 4.39 Å². The Morgan fingerprint density at radius 2 is 1.81 bits per heavy atom. The molecule has 27 heavy (non-hydrogen) atoms. The first-order valence-electron chi connectivity index (χ1n) is 8.71. The molecular weight excluding hydrogens is 413 g/mol. The number of carbonyl (C=O) groups excluding carboxylic acids is 2. The van der Waals surface area contributed by atoms with Crippen LogP contribution < -0.4 is 4.74 Å². The highest BCUT2D eigenvalue weighted by Crippen LogP contribution is 2.18. The van der Waals surface area contributed by atoms with Gasteiger partial charge in [-0.2, -0.15) is 0 Å². The summed E-state index contributed by atoms with van der Waals surface area (Å²) < 4.78 is 19.9. The van der Waals surface area contributed by atoms with Crippen molar-refractivity contribution in [2.75, 3.05) is 19.7 Å². The van der Waals surface area contributed by atoms with Crippen LogP contribution in [-0.4, -0.2) is 36.3 Å². The normalized spacial score (nSPS) is 13.9. The van der Waals surface area contributed by atoms with E-state index in [4.69, 9.17) is 4.74 Å². The van der Waals surface area contributed by atoms with E-state index in [0.717, 1.165) is 30.4 Å². The third-order valence-electron chi connectivity index (χ3n) is 4.33. The van der Waals surface area contributed by atoms with Crippen LogP contribution in [0.25, 0.3) is 6.08 Å². The Labute approximate surface area is 165 Å². The third-order valence-corrected chi connectivity index (χ3v) is 4.83. The number of amides is 1. The number of hydrogen-bond donors (Lipinski definition) is 0. The summed E-state index contributed by atoms with van der Waals surface area (Å²) in [5.74, 6) is -0.129. The smallest absolute Gasteiger partial charge is 0.260 e. The lowest BCUT2D eigenvalue weighted by atomic mass is 10.1. The molecule has 4 nitrogen and oxygen atoms in total. The van der Waals surface area contributed by atoms with Crippen LogP contribution in [0.2, 0.25) is 0 Å². The molecule has 0 saturated carbocycles. The molecule has 1 aliphatic heterocycles. The number of rotatable bonds is 6. The van der Waals surface area contributed by atoms with Gasteiger partial charge < -0.3 is 9.64 Å². The van der Waals surface area contributed by atoms with Crippen molar-refractivity contribution in [1.29, 1.82) is 0 Å². The second-order valence-electron chi connectivity index (χ2n) is 6.26. The van der Waals surface area contributed by atoms with Crippen molar-refractivity contribution in [3.63, 3.8) is 0 Å². The van der Waals surface area contributed by atoms with Crippen LogP contribution in [0.15, 0.2) is 53.0 Å². The minimum absolute atomic E-state index is 0.00461. The second kappa shape index (κ2) is 8.95. The molecule has 0 unspecified atom stereocenters. The van der Waals surface area contributed by atoms with Crippen LogP contribution in [0.3, 0.4) is 0 Å². The van der Waals surface area contributed by atoms with Crippen molar-refractivity contribution in [2.45, 2.75) is 12.8 Å². The summed E-state index contributed by atoms with van der Waals surface area (Å²) in [5, 5.41) is 0. The Hall–Kier alpha value is -2.47. The number of halogens is 2. The van der Waals surface area contributed by atoms with E-state index in [0.29, 0.717) is 16.9 Å². The first kappa shape index (κ1) is 19.3. The number of ether oxygens (including phenoxy) is 1.